The maximum atomic E-state index is 12.9. The van der Waals surface area contributed by atoms with E-state index in [9.17, 15) is 14.4 Å². The highest BCUT2D eigenvalue weighted by atomic mass is 16.2. The molecule has 3 atom stereocenters. The van der Waals surface area contributed by atoms with Crippen molar-refractivity contribution < 1.29 is 4.79 Å². The number of hydrogen-bond acceptors (Lipinski definition) is 10. The first-order valence-electron chi connectivity index (χ1n) is 13.8. The molecule has 3 aromatic rings. The molecule has 0 spiro atoms. The molecule has 1 amide bonds. The minimum Gasteiger partial charge on any atom is -0.340 e. The number of allylic oxidation sites excluding steroid dienone is 1. The summed E-state index contributed by atoms with van der Waals surface area (Å²) in [6.45, 7) is 6.72. The van der Waals surface area contributed by atoms with Crippen LogP contribution >= 0.6 is 0 Å². The monoisotopic (exact) mass is 568 g/mol. The third-order valence-corrected chi connectivity index (χ3v) is 7.87. The normalized spacial score (nSPS) is 18.8. The second-order valence-electron chi connectivity index (χ2n) is 10.9. The molecule has 2 unspecified atom stereocenters. The second kappa shape index (κ2) is 11.9. The summed E-state index contributed by atoms with van der Waals surface area (Å²) in [4.78, 5) is 62.2. The van der Waals surface area contributed by atoms with Crippen molar-refractivity contribution in [2.24, 2.45) is 29.8 Å². The van der Waals surface area contributed by atoms with Gasteiger partial charge in [0.25, 0.3) is 5.56 Å². The predicted octanol–water partition coefficient (Wildman–Crippen LogP) is 2.40. The first-order valence-corrected chi connectivity index (χ1v) is 13.8. The predicted molar refractivity (Wildman–Crippen MR) is 157 cm³/mol. The number of carbonyl (C=O) groups excluding carboxylic acids is 1. The van der Waals surface area contributed by atoms with Crippen molar-refractivity contribution in [3.63, 3.8) is 0 Å². The summed E-state index contributed by atoms with van der Waals surface area (Å²) in [7, 11) is 1.48. The van der Waals surface area contributed by atoms with E-state index < -0.39 is 17.2 Å². The van der Waals surface area contributed by atoms with E-state index in [1.54, 1.807) is 45.4 Å². The SMILES string of the molecule is C/C(C=Nc1c(C)c(=O)n(CC#N)c(=O)n1C)=C/[C@@H](C)C(=O)Nc1cncc(-c2cnc(N3CC4CCC4C3)nc2)n1. The van der Waals surface area contributed by atoms with Gasteiger partial charge in [-0.3, -0.25) is 19.1 Å². The number of fused-ring (bicyclic) bond motifs is 1. The Morgan fingerprint density at radius 1 is 1.19 bits per heavy atom. The Bertz CT molecular complexity index is 1680. The lowest BCUT2D eigenvalue weighted by Crippen LogP contribution is -2.39. The third-order valence-electron chi connectivity index (χ3n) is 7.87. The van der Waals surface area contributed by atoms with Crippen LogP contribution in [0.15, 0.2) is 51.0 Å². The maximum absolute atomic E-state index is 12.9. The maximum Gasteiger partial charge on any atom is 0.333 e. The Morgan fingerprint density at radius 2 is 1.88 bits per heavy atom. The summed E-state index contributed by atoms with van der Waals surface area (Å²) in [5.74, 6) is 1.90. The molecule has 3 aromatic heterocycles. The minimum atomic E-state index is -0.627. The highest BCUT2D eigenvalue weighted by Gasteiger charge is 2.40. The number of nitriles is 1. The zero-order chi connectivity index (χ0) is 30.0. The zero-order valence-electron chi connectivity index (χ0n) is 24.0. The average molecular weight is 569 g/mol. The highest BCUT2D eigenvalue weighted by Crippen LogP contribution is 2.41. The molecule has 1 aliphatic heterocycles. The van der Waals surface area contributed by atoms with E-state index in [1.165, 1.54) is 36.9 Å². The number of nitrogens with zero attached hydrogens (tertiary/aromatic N) is 9. The second-order valence-corrected chi connectivity index (χ2v) is 10.9. The molecule has 1 aliphatic carbocycles. The van der Waals surface area contributed by atoms with Gasteiger partial charge in [0, 0.05) is 44.3 Å². The first-order chi connectivity index (χ1) is 20.2. The van der Waals surface area contributed by atoms with Crippen LogP contribution in [0.3, 0.4) is 0 Å². The summed E-state index contributed by atoms with van der Waals surface area (Å²) in [5.41, 5.74) is 0.945. The number of anilines is 2. The zero-order valence-corrected chi connectivity index (χ0v) is 24.0. The van der Waals surface area contributed by atoms with Gasteiger partial charge in [-0.2, -0.15) is 5.26 Å². The average Bonchev–Trinajstić information content (AvgIpc) is 3.27. The summed E-state index contributed by atoms with van der Waals surface area (Å²) >= 11 is 0. The molecule has 1 N–H and O–H groups in total. The van der Waals surface area contributed by atoms with E-state index in [4.69, 9.17) is 5.26 Å². The molecule has 1 saturated carbocycles. The number of amides is 1. The fraction of sp³-hybridized carbons (Fsp3) is 0.414. The lowest BCUT2D eigenvalue weighted by atomic mass is 9.77. The van der Waals surface area contributed by atoms with Crippen LogP contribution in [0.25, 0.3) is 11.3 Å². The molecule has 5 rings (SSSR count). The number of nitrogens with one attached hydrogen (secondary N) is 1. The van der Waals surface area contributed by atoms with E-state index in [1.807, 2.05) is 6.07 Å². The van der Waals surface area contributed by atoms with Crippen LogP contribution in [0, 0.1) is 36.0 Å². The molecule has 13 nitrogen and oxygen atoms in total. The fourth-order valence-electron chi connectivity index (χ4n) is 5.32. The molecule has 2 aliphatic rings. The van der Waals surface area contributed by atoms with Gasteiger partial charge >= 0.3 is 5.69 Å². The van der Waals surface area contributed by atoms with Gasteiger partial charge in [-0.1, -0.05) is 13.0 Å². The Hall–Kier alpha value is -4.99. The Labute approximate surface area is 242 Å². The minimum absolute atomic E-state index is 0.181. The van der Waals surface area contributed by atoms with Gasteiger partial charge in [-0.15, -0.1) is 0 Å². The van der Waals surface area contributed by atoms with Crippen molar-refractivity contribution in [3.8, 4) is 17.3 Å². The molecule has 0 aromatic carbocycles. The molecule has 0 radical (unpaired) electrons. The highest BCUT2D eigenvalue weighted by molar-refractivity contribution is 5.93. The summed E-state index contributed by atoms with van der Waals surface area (Å²) in [6.07, 6.45) is 12.3. The smallest absolute Gasteiger partial charge is 0.333 e. The van der Waals surface area contributed by atoms with Crippen LogP contribution in [0.2, 0.25) is 0 Å². The van der Waals surface area contributed by atoms with Crippen LogP contribution in [-0.2, 0) is 18.4 Å². The van der Waals surface area contributed by atoms with Crippen LogP contribution in [0.1, 0.15) is 32.3 Å². The molecular formula is C29H32N10O3. The quantitative estimate of drug-likeness (QED) is 0.402. The molecule has 216 valence electrons. The van der Waals surface area contributed by atoms with Gasteiger partial charge < -0.3 is 10.2 Å². The number of aromatic nitrogens is 6. The molecule has 13 heteroatoms. The van der Waals surface area contributed by atoms with Crippen LogP contribution < -0.4 is 21.5 Å². The summed E-state index contributed by atoms with van der Waals surface area (Å²) in [6, 6.07) is 1.81. The molecule has 4 heterocycles. The topological polar surface area (TPSA) is 164 Å². The number of hydrogen-bond donors (Lipinski definition) is 1. The fourth-order valence-corrected chi connectivity index (χ4v) is 5.32. The van der Waals surface area contributed by atoms with E-state index in [2.05, 4.69) is 35.1 Å². The number of carbonyl (C=O) groups is 1. The van der Waals surface area contributed by atoms with E-state index in [0.717, 1.165) is 35.4 Å². The molecule has 1 saturated heterocycles. The Kier molecular flexibility index (Phi) is 8.06. The summed E-state index contributed by atoms with van der Waals surface area (Å²) in [5, 5.41) is 11.7. The van der Waals surface area contributed by atoms with Gasteiger partial charge in [0.2, 0.25) is 11.9 Å². The van der Waals surface area contributed by atoms with Crippen molar-refractivity contribution >= 4 is 29.7 Å². The molecular weight excluding hydrogens is 536 g/mol. The number of rotatable bonds is 8. The van der Waals surface area contributed by atoms with E-state index in [0.29, 0.717) is 22.6 Å². The van der Waals surface area contributed by atoms with Gasteiger partial charge in [-0.05, 0) is 44.1 Å². The third kappa shape index (κ3) is 5.74. The van der Waals surface area contributed by atoms with Gasteiger partial charge in [0.1, 0.15) is 12.4 Å². The van der Waals surface area contributed by atoms with Crippen LogP contribution in [0.4, 0.5) is 17.6 Å². The van der Waals surface area contributed by atoms with Crippen molar-refractivity contribution in [2.75, 3.05) is 23.3 Å². The molecule has 42 heavy (non-hydrogen) atoms. The first kappa shape index (κ1) is 28.5. The van der Waals surface area contributed by atoms with Crippen molar-refractivity contribution in [3.05, 3.63) is 62.8 Å². The van der Waals surface area contributed by atoms with Crippen molar-refractivity contribution in [1.29, 1.82) is 5.26 Å². The van der Waals surface area contributed by atoms with Gasteiger partial charge in [0.05, 0.1) is 35.6 Å². The molecule has 2 fully saturated rings. The number of aliphatic imine (C=N–C) groups is 1. The van der Waals surface area contributed by atoms with Crippen molar-refractivity contribution in [1.82, 2.24) is 29.1 Å². The van der Waals surface area contributed by atoms with E-state index >= 15 is 0 Å². The largest absolute Gasteiger partial charge is 0.340 e. The standard InChI is InChI=1S/C29H32N10O3/c1-17(10-32-25-19(3)27(41)39(8-7-30)29(42)37(25)4)9-18(2)26(40)36-24-14-31-13-23(35-24)22-11-33-28(34-12-22)38-15-20-5-6-21(20)16-38/h9-14,18,20-21H,5-6,8,15-16H2,1-4H3,(H,35,36,40)/b17-9-,32-10?/t18-,20?,21?/m1/s1. The Balaban J connectivity index is 1.24. The van der Waals surface area contributed by atoms with Crippen molar-refractivity contribution in [2.45, 2.75) is 40.2 Å². The van der Waals surface area contributed by atoms with Crippen LogP contribution in [0.5, 0.6) is 0 Å². The van der Waals surface area contributed by atoms with Gasteiger partial charge in [0.15, 0.2) is 5.82 Å². The Morgan fingerprint density at radius 3 is 2.52 bits per heavy atom. The summed E-state index contributed by atoms with van der Waals surface area (Å²) < 4.78 is 2.08. The lowest BCUT2D eigenvalue weighted by Gasteiger charge is -2.27. The lowest BCUT2D eigenvalue weighted by molar-refractivity contribution is -0.118. The molecule has 0 bridgehead atoms. The van der Waals surface area contributed by atoms with Crippen LogP contribution in [-0.4, -0.2) is 54.3 Å². The van der Waals surface area contributed by atoms with Gasteiger partial charge in [-0.25, -0.2) is 29.3 Å². The van der Waals surface area contributed by atoms with E-state index in [-0.39, 0.29) is 23.8 Å².